The second-order valence-corrected chi connectivity index (χ2v) is 7.50. The summed E-state index contributed by atoms with van der Waals surface area (Å²) in [5, 5.41) is 21.0. The van der Waals surface area contributed by atoms with Crippen molar-refractivity contribution in [3.8, 4) is 11.5 Å². The lowest BCUT2D eigenvalue weighted by Gasteiger charge is -2.22. The van der Waals surface area contributed by atoms with Gasteiger partial charge in [-0.05, 0) is 49.2 Å². The quantitative estimate of drug-likeness (QED) is 0.717. The van der Waals surface area contributed by atoms with Crippen molar-refractivity contribution in [2.24, 2.45) is 0 Å². The van der Waals surface area contributed by atoms with Gasteiger partial charge < -0.3 is 14.9 Å². The molecule has 0 saturated carbocycles. The van der Waals surface area contributed by atoms with Crippen molar-refractivity contribution in [1.82, 2.24) is 0 Å². The van der Waals surface area contributed by atoms with Crippen LogP contribution in [0.5, 0.6) is 11.5 Å². The van der Waals surface area contributed by atoms with Crippen LogP contribution in [0.2, 0.25) is 0 Å². The molecule has 2 aliphatic carbocycles. The molecule has 0 bridgehead atoms. The Balaban J connectivity index is 1.74. The Morgan fingerprint density at radius 2 is 1.52 bits per heavy atom. The van der Waals surface area contributed by atoms with Gasteiger partial charge in [0, 0.05) is 22.3 Å². The highest BCUT2D eigenvalue weighted by molar-refractivity contribution is 6.40. The zero-order chi connectivity index (χ0) is 20.8. The number of epoxide rings is 1. The summed E-state index contributed by atoms with van der Waals surface area (Å²) in [5.41, 5.74) is 0.680. The highest BCUT2D eigenvalue weighted by Crippen LogP contribution is 2.45. The lowest BCUT2D eigenvalue weighted by Crippen LogP contribution is -2.27. The van der Waals surface area contributed by atoms with E-state index in [1.165, 1.54) is 18.2 Å². The second kappa shape index (κ2) is 5.48. The van der Waals surface area contributed by atoms with E-state index in [9.17, 15) is 29.4 Å². The molecular formula is C22H14O7. The Labute approximate surface area is 164 Å². The normalized spacial score (nSPS) is 22.1. The number of benzene rings is 2. The van der Waals surface area contributed by atoms with Crippen LogP contribution in [0.4, 0.5) is 0 Å². The molecule has 1 aliphatic heterocycles. The Morgan fingerprint density at radius 1 is 0.828 bits per heavy atom. The molecule has 1 fully saturated rings. The number of allylic oxidation sites excluding steroid dienone is 2. The third-order valence-electron chi connectivity index (χ3n) is 5.56. The largest absolute Gasteiger partial charge is 0.507 e. The molecule has 2 aromatic rings. The van der Waals surface area contributed by atoms with Gasteiger partial charge in [-0.2, -0.15) is 0 Å². The Hall–Kier alpha value is -3.58. The van der Waals surface area contributed by atoms with Gasteiger partial charge in [-0.25, -0.2) is 0 Å². The molecule has 2 aromatic carbocycles. The number of Topliss-reactive ketones (excluding diaryl/α,β-unsaturated/α-hetero) is 3. The number of fused-ring (bicyclic) bond motifs is 3. The molecule has 0 amide bonds. The summed E-state index contributed by atoms with van der Waals surface area (Å²) in [4.78, 5) is 50.7. The lowest BCUT2D eigenvalue weighted by molar-refractivity contribution is 0.0919. The van der Waals surface area contributed by atoms with Gasteiger partial charge in [0.05, 0.1) is 11.1 Å². The number of carbonyl (C=O) groups excluding carboxylic acids is 4. The van der Waals surface area contributed by atoms with Gasteiger partial charge in [0.15, 0.2) is 35.3 Å². The summed E-state index contributed by atoms with van der Waals surface area (Å²) in [5.74, 6) is -2.87. The molecule has 29 heavy (non-hydrogen) atoms. The molecule has 144 valence electrons. The van der Waals surface area contributed by atoms with Crippen molar-refractivity contribution in [2.45, 2.75) is 26.1 Å². The van der Waals surface area contributed by atoms with Crippen LogP contribution in [0.3, 0.4) is 0 Å². The van der Waals surface area contributed by atoms with Gasteiger partial charge in [0.25, 0.3) is 0 Å². The van der Waals surface area contributed by atoms with Gasteiger partial charge in [0.2, 0.25) is 0 Å². The number of rotatable bonds is 1. The summed E-state index contributed by atoms with van der Waals surface area (Å²) in [7, 11) is 0. The van der Waals surface area contributed by atoms with Crippen LogP contribution >= 0.6 is 0 Å². The van der Waals surface area contributed by atoms with E-state index in [0.717, 1.165) is 6.08 Å². The number of carbonyl (C=O) groups is 4. The molecule has 5 rings (SSSR count). The number of aryl methyl sites for hydroxylation is 2. The van der Waals surface area contributed by atoms with E-state index in [2.05, 4.69) is 0 Å². The third-order valence-corrected chi connectivity index (χ3v) is 5.56. The van der Waals surface area contributed by atoms with E-state index < -0.39 is 35.3 Å². The molecule has 0 unspecified atom stereocenters. The molecule has 7 heteroatoms. The number of aromatic hydroxyl groups is 2. The molecule has 0 spiro atoms. The fourth-order valence-corrected chi connectivity index (χ4v) is 4.20. The molecule has 1 heterocycles. The van der Waals surface area contributed by atoms with Gasteiger partial charge in [-0.3, -0.25) is 19.2 Å². The molecule has 1 saturated heterocycles. The van der Waals surface area contributed by atoms with Gasteiger partial charge in [0.1, 0.15) is 11.5 Å². The Morgan fingerprint density at radius 3 is 2.24 bits per heavy atom. The fourth-order valence-electron chi connectivity index (χ4n) is 4.20. The van der Waals surface area contributed by atoms with Crippen LogP contribution in [-0.2, 0) is 4.74 Å². The molecule has 0 radical (unpaired) electrons. The third kappa shape index (κ3) is 2.22. The van der Waals surface area contributed by atoms with Crippen LogP contribution < -0.4 is 0 Å². The van der Waals surface area contributed by atoms with E-state index >= 15 is 0 Å². The lowest BCUT2D eigenvalue weighted by atomic mass is 9.79. The van der Waals surface area contributed by atoms with Crippen LogP contribution in [-0.4, -0.2) is 45.6 Å². The number of ether oxygens (including phenoxy) is 1. The van der Waals surface area contributed by atoms with Crippen LogP contribution in [0.15, 0.2) is 24.3 Å². The zero-order valence-corrected chi connectivity index (χ0v) is 15.4. The van der Waals surface area contributed by atoms with Crippen molar-refractivity contribution in [2.75, 3.05) is 0 Å². The first-order valence-corrected chi connectivity index (χ1v) is 8.96. The second-order valence-electron chi connectivity index (χ2n) is 7.50. The van der Waals surface area contributed by atoms with E-state index in [4.69, 9.17) is 4.74 Å². The van der Waals surface area contributed by atoms with Gasteiger partial charge >= 0.3 is 0 Å². The fraction of sp³-hybridized carbons (Fsp3) is 0.182. The number of phenols is 2. The molecular weight excluding hydrogens is 376 g/mol. The van der Waals surface area contributed by atoms with Crippen molar-refractivity contribution in [3.63, 3.8) is 0 Å². The van der Waals surface area contributed by atoms with Crippen molar-refractivity contribution < 1.29 is 34.1 Å². The van der Waals surface area contributed by atoms with Crippen LogP contribution in [0.25, 0.3) is 5.57 Å². The molecule has 2 N–H and O–H groups in total. The minimum Gasteiger partial charge on any atom is -0.507 e. The summed E-state index contributed by atoms with van der Waals surface area (Å²) in [6, 6.07) is 4.32. The smallest absolute Gasteiger partial charge is 0.199 e. The minimum absolute atomic E-state index is 0.0222. The monoisotopic (exact) mass is 390 g/mol. The first-order chi connectivity index (χ1) is 13.7. The van der Waals surface area contributed by atoms with Crippen LogP contribution in [0.1, 0.15) is 58.1 Å². The number of phenolic OH excluding ortho intramolecular Hbond substituents is 2. The number of hydrogen-bond acceptors (Lipinski definition) is 7. The number of ketones is 4. The maximum atomic E-state index is 13.1. The molecule has 0 aromatic heterocycles. The van der Waals surface area contributed by atoms with Crippen LogP contribution in [0, 0.1) is 13.8 Å². The van der Waals surface area contributed by atoms with Gasteiger partial charge in [-0.1, -0.05) is 0 Å². The van der Waals surface area contributed by atoms with E-state index in [-0.39, 0.29) is 44.9 Å². The predicted octanol–water partition coefficient (Wildman–Crippen LogP) is 2.32. The average molecular weight is 390 g/mol. The predicted molar refractivity (Wildman–Crippen MR) is 99.6 cm³/mol. The highest BCUT2D eigenvalue weighted by atomic mass is 16.6. The number of hydrogen-bond donors (Lipinski definition) is 2. The summed E-state index contributed by atoms with van der Waals surface area (Å²) >= 11 is 0. The first-order valence-electron chi connectivity index (χ1n) is 8.96. The zero-order valence-electron chi connectivity index (χ0n) is 15.4. The Kier molecular flexibility index (Phi) is 3.31. The van der Waals surface area contributed by atoms with E-state index in [0.29, 0.717) is 11.1 Å². The van der Waals surface area contributed by atoms with Crippen molar-refractivity contribution in [1.29, 1.82) is 0 Å². The molecule has 7 nitrogen and oxygen atoms in total. The first kappa shape index (κ1) is 17.5. The van der Waals surface area contributed by atoms with E-state index in [1.54, 1.807) is 13.8 Å². The Bertz CT molecular complexity index is 1250. The molecule has 3 aliphatic rings. The van der Waals surface area contributed by atoms with Crippen molar-refractivity contribution in [3.05, 3.63) is 63.2 Å². The van der Waals surface area contributed by atoms with E-state index in [1.807, 2.05) is 0 Å². The standard InChI is InChI=1S/C22H14O7/c1-7-3-9-15(12(23)4-7)13(24)6-11(17(9)25)14-8(2)5-10-16(19(14)27)20(28)22-21(29-22)18(10)26/h3-6,21-23,27H,1-2H3/t21-,22-/m0/s1. The highest BCUT2D eigenvalue weighted by Gasteiger charge is 2.56. The maximum absolute atomic E-state index is 13.1. The summed E-state index contributed by atoms with van der Waals surface area (Å²) in [6.45, 7) is 3.25. The SMILES string of the molecule is Cc1cc(O)c2c(c1)C(=O)C(c1c(C)cc3c(c1O)C(=O)[C@@H]1O[C@H]1C3=O)=CC2=O. The summed E-state index contributed by atoms with van der Waals surface area (Å²) in [6.07, 6.45) is -0.677. The maximum Gasteiger partial charge on any atom is 0.199 e. The van der Waals surface area contributed by atoms with Crippen molar-refractivity contribution >= 4 is 28.7 Å². The summed E-state index contributed by atoms with van der Waals surface area (Å²) < 4.78 is 5.10. The molecule has 2 atom stereocenters. The van der Waals surface area contributed by atoms with Gasteiger partial charge in [-0.15, -0.1) is 0 Å². The minimum atomic E-state index is -0.908. The average Bonchev–Trinajstić information content (AvgIpc) is 3.44. The topological polar surface area (TPSA) is 121 Å².